The average Bonchev–Trinajstić information content (AvgIpc) is 2.97. The first-order valence-corrected chi connectivity index (χ1v) is 8.59. The van der Waals surface area contributed by atoms with Crippen molar-refractivity contribution in [1.82, 2.24) is 4.98 Å². The summed E-state index contributed by atoms with van der Waals surface area (Å²) in [6, 6.07) is 13.5. The first-order valence-electron chi connectivity index (χ1n) is 8.59. The third-order valence-electron chi connectivity index (χ3n) is 4.48. The number of anilines is 2. The van der Waals surface area contributed by atoms with Crippen molar-refractivity contribution in [3.63, 3.8) is 0 Å². The minimum Gasteiger partial charge on any atom is -0.312 e. The number of aromatic nitrogens is 1. The molecule has 0 bridgehead atoms. The molecule has 1 aromatic heterocycles. The summed E-state index contributed by atoms with van der Waals surface area (Å²) in [4.78, 5) is 30.9. The normalized spacial score (nSPS) is 17.2. The molecule has 1 fully saturated rings. The molecule has 0 saturated carbocycles. The third kappa shape index (κ3) is 3.87. The Labute approximate surface area is 148 Å². The van der Waals surface area contributed by atoms with Crippen molar-refractivity contribution in [1.29, 1.82) is 0 Å². The highest BCUT2D eigenvalue weighted by atomic mass is 16.2. The van der Waals surface area contributed by atoms with Gasteiger partial charge >= 0.3 is 0 Å². The molecule has 1 aromatic carbocycles. The molecule has 1 aliphatic rings. The smallest absolute Gasteiger partial charge is 0.230 e. The van der Waals surface area contributed by atoms with E-state index in [9.17, 15) is 9.59 Å². The molecular formula is C20H23N3O2. The molecule has 130 valence electrons. The number of hydrogen-bond donors (Lipinski definition) is 1. The lowest BCUT2D eigenvalue weighted by Gasteiger charge is -2.18. The molecule has 2 aromatic rings. The van der Waals surface area contributed by atoms with Crippen molar-refractivity contribution < 1.29 is 9.59 Å². The zero-order valence-electron chi connectivity index (χ0n) is 14.8. The van der Waals surface area contributed by atoms with Gasteiger partial charge in [0.05, 0.1) is 5.92 Å². The van der Waals surface area contributed by atoms with Gasteiger partial charge < -0.3 is 10.2 Å². The Bertz CT molecular complexity index is 801. The van der Waals surface area contributed by atoms with E-state index in [-0.39, 0.29) is 24.2 Å². The molecule has 2 amide bonds. The Morgan fingerprint density at radius 1 is 1.24 bits per heavy atom. The second kappa shape index (κ2) is 7.05. The number of carbonyl (C=O) groups excluding carboxylic acids is 2. The number of pyridine rings is 1. The molecule has 0 radical (unpaired) electrons. The van der Waals surface area contributed by atoms with Gasteiger partial charge in [0.25, 0.3) is 0 Å². The highest BCUT2D eigenvalue weighted by Crippen LogP contribution is 2.28. The Kier molecular flexibility index (Phi) is 4.83. The first kappa shape index (κ1) is 17.1. The molecule has 3 rings (SSSR count). The van der Waals surface area contributed by atoms with Crippen LogP contribution in [0.1, 0.15) is 37.4 Å². The van der Waals surface area contributed by atoms with Crippen molar-refractivity contribution in [3.8, 4) is 0 Å². The van der Waals surface area contributed by atoms with Gasteiger partial charge in [-0.25, -0.2) is 4.98 Å². The molecule has 1 N–H and O–H groups in total. The number of amides is 2. The van der Waals surface area contributed by atoms with Crippen LogP contribution in [0.5, 0.6) is 0 Å². The van der Waals surface area contributed by atoms with Gasteiger partial charge in [-0.2, -0.15) is 0 Å². The van der Waals surface area contributed by atoms with E-state index in [1.165, 1.54) is 5.56 Å². The van der Waals surface area contributed by atoms with Gasteiger partial charge in [-0.05, 0) is 42.7 Å². The highest BCUT2D eigenvalue weighted by molar-refractivity contribution is 6.03. The number of carbonyl (C=O) groups is 2. The number of hydrogen-bond acceptors (Lipinski definition) is 3. The van der Waals surface area contributed by atoms with E-state index >= 15 is 0 Å². The van der Waals surface area contributed by atoms with Crippen molar-refractivity contribution >= 4 is 23.3 Å². The van der Waals surface area contributed by atoms with E-state index in [2.05, 4.69) is 30.2 Å². The van der Waals surface area contributed by atoms with Crippen LogP contribution < -0.4 is 10.2 Å². The summed E-state index contributed by atoms with van der Waals surface area (Å²) in [6.07, 6.45) is 0.226. The second-order valence-electron chi connectivity index (χ2n) is 6.81. The van der Waals surface area contributed by atoms with Crippen LogP contribution in [-0.2, 0) is 9.59 Å². The average molecular weight is 337 g/mol. The second-order valence-corrected chi connectivity index (χ2v) is 6.81. The van der Waals surface area contributed by atoms with Crippen LogP contribution in [0, 0.1) is 12.8 Å². The summed E-state index contributed by atoms with van der Waals surface area (Å²) in [6.45, 7) is 6.52. The topological polar surface area (TPSA) is 62.3 Å². The Hall–Kier alpha value is -2.69. The van der Waals surface area contributed by atoms with E-state index in [0.717, 1.165) is 11.4 Å². The van der Waals surface area contributed by atoms with Crippen molar-refractivity contribution in [3.05, 3.63) is 53.7 Å². The fourth-order valence-corrected chi connectivity index (χ4v) is 3.03. The van der Waals surface area contributed by atoms with Crippen LogP contribution in [-0.4, -0.2) is 23.3 Å². The summed E-state index contributed by atoms with van der Waals surface area (Å²) in [5.41, 5.74) is 2.88. The van der Waals surface area contributed by atoms with Crippen LogP contribution in [0.3, 0.4) is 0 Å². The lowest BCUT2D eigenvalue weighted by atomic mass is 10.0. The van der Waals surface area contributed by atoms with Crippen molar-refractivity contribution in [2.45, 2.75) is 33.1 Å². The van der Waals surface area contributed by atoms with E-state index in [1.807, 2.05) is 37.3 Å². The fourth-order valence-electron chi connectivity index (χ4n) is 3.03. The fraction of sp³-hybridized carbons (Fsp3) is 0.350. The van der Waals surface area contributed by atoms with E-state index in [0.29, 0.717) is 18.3 Å². The summed E-state index contributed by atoms with van der Waals surface area (Å²) >= 11 is 0. The molecule has 1 saturated heterocycles. The lowest BCUT2D eigenvalue weighted by molar-refractivity contribution is -0.122. The molecule has 2 heterocycles. The number of aryl methyl sites for hydroxylation is 1. The monoisotopic (exact) mass is 337 g/mol. The van der Waals surface area contributed by atoms with Crippen LogP contribution in [0.4, 0.5) is 11.5 Å². The zero-order valence-corrected chi connectivity index (χ0v) is 14.8. The predicted molar refractivity (Wildman–Crippen MR) is 98.6 cm³/mol. The molecule has 25 heavy (non-hydrogen) atoms. The van der Waals surface area contributed by atoms with Gasteiger partial charge in [0.1, 0.15) is 5.82 Å². The summed E-state index contributed by atoms with van der Waals surface area (Å²) in [5, 5.41) is 2.82. The quantitative estimate of drug-likeness (QED) is 0.929. The predicted octanol–water partition coefficient (Wildman–Crippen LogP) is 3.51. The Balaban J connectivity index is 1.71. The van der Waals surface area contributed by atoms with Gasteiger partial charge in [0, 0.05) is 24.3 Å². The molecule has 1 aliphatic heterocycles. The maximum Gasteiger partial charge on any atom is 0.230 e. The van der Waals surface area contributed by atoms with Gasteiger partial charge in [0.15, 0.2) is 0 Å². The van der Waals surface area contributed by atoms with Crippen molar-refractivity contribution in [2.24, 2.45) is 5.92 Å². The van der Waals surface area contributed by atoms with Crippen LogP contribution in [0.25, 0.3) is 0 Å². The minimum absolute atomic E-state index is 0.0155. The summed E-state index contributed by atoms with van der Waals surface area (Å²) in [7, 11) is 0. The Morgan fingerprint density at radius 3 is 2.72 bits per heavy atom. The third-order valence-corrected chi connectivity index (χ3v) is 4.48. The maximum atomic E-state index is 12.5. The number of nitrogens with zero attached hydrogens (tertiary/aromatic N) is 2. The van der Waals surface area contributed by atoms with Gasteiger partial charge in [-0.15, -0.1) is 0 Å². The molecule has 1 atom stereocenters. The SMILES string of the molecule is Cc1cccc(NC(=O)[C@H]2CC(=O)N(c3cccc(C(C)C)c3)C2)n1. The Morgan fingerprint density at radius 2 is 2.00 bits per heavy atom. The number of nitrogens with one attached hydrogen (secondary N) is 1. The number of benzene rings is 1. The van der Waals surface area contributed by atoms with E-state index in [1.54, 1.807) is 11.0 Å². The van der Waals surface area contributed by atoms with Crippen LogP contribution in [0.2, 0.25) is 0 Å². The zero-order chi connectivity index (χ0) is 18.0. The standard InChI is InChI=1S/C20H23N3O2/c1-13(2)15-7-5-8-17(10-15)23-12-16(11-19(23)24)20(25)22-18-9-4-6-14(3)21-18/h4-10,13,16H,11-12H2,1-3H3,(H,21,22,25)/t16-/m0/s1. The van der Waals surface area contributed by atoms with Crippen molar-refractivity contribution in [2.75, 3.05) is 16.8 Å². The largest absolute Gasteiger partial charge is 0.312 e. The van der Waals surface area contributed by atoms with Gasteiger partial charge in [-0.3, -0.25) is 9.59 Å². The molecule has 0 unspecified atom stereocenters. The van der Waals surface area contributed by atoms with Crippen LogP contribution >= 0.6 is 0 Å². The first-order chi connectivity index (χ1) is 11.9. The minimum atomic E-state index is -0.363. The van der Waals surface area contributed by atoms with E-state index in [4.69, 9.17) is 0 Å². The highest BCUT2D eigenvalue weighted by Gasteiger charge is 2.35. The molecule has 0 spiro atoms. The summed E-state index contributed by atoms with van der Waals surface area (Å²) < 4.78 is 0. The van der Waals surface area contributed by atoms with E-state index < -0.39 is 0 Å². The molecule has 5 nitrogen and oxygen atoms in total. The molecular weight excluding hydrogens is 314 g/mol. The lowest BCUT2D eigenvalue weighted by Crippen LogP contribution is -2.28. The van der Waals surface area contributed by atoms with Crippen LogP contribution in [0.15, 0.2) is 42.5 Å². The molecule has 0 aliphatic carbocycles. The summed E-state index contributed by atoms with van der Waals surface area (Å²) in [5.74, 6) is 0.381. The maximum absolute atomic E-state index is 12.5. The number of rotatable bonds is 4. The molecule has 5 heteroatoms. The van der Waals surface area contributed by atoms with Gasteiger partial charge in [0.2, 0.25) is 11.8 Å². The van der Waals surface area contributed by atoms with Gasteiger partial charge in [-0.1, -0.05) is 32.0 Å².